The van der Waals surface area contributed by atoms with Gasteiger partial charge in [0, 0.05) is 0 Å². The largest absolute Gasteiger partial charge is 0.376 e. The van der Waals surface area contributed by atoms with Gasteiger partial charge in [-0.05, 0) is 24.4 Å². The molecular formula is C12H14N2O2S. The highest BCUT2D eigenvalue weighted by Crippen LogP contribution is 2.15. The molecule has 2 heterocycles. The first-order valence-corrected chi connectivity index (χ1v) is 6.12. The maximum absolute atomic E-state index is 5.65. The Hall–Kier alpha value is -1.17. The van der Waals surface area contributed by atoms with Crippen molar-refractivity contribution >= 4 is 23.3 Å². The number of hydrogen-bond donors (Lipinski definition) is 1. The number of para-hydroxylation sites is 2. The number of aromatic nitrogens is 2. The van der Waals surface area contributed by atoms with Gasteiger partial charge in [-0.15, -0.1) is 0 Å². The number of H-pyrrole nitrogens is 1. The third kappa shape index (κ3) is 2.13. The average Bonchev–Trinajstić information content (AvgIpc) is 2.68. The number of ether oxygens (including phenoxy) is 2. The minimum atomic E-state index is 0.0923. The SMILES string of the molecule is S=c1[nH]c2ccccc2n1CC1COCCO1. The van der Waals surface area contributed by atoms with Crippen LogP contribution in [0.15, 0.2) is 24.3 Å². The molecule has 0 radical (unpaired) electrons. The first-order chi connectivity index (χ1) is 8.34. The van der Waals surface area contributed by atoms with Crippen LogP contribution in [0.5, 0.6) is 0 Å². The Morgan fingerprint density at radius 1 is 1.35 bits per heavy atom. The molecule has 5 heteroatoms. The number of benzene rings is 1. The lowest BCUT2D eigenvalue weighted by atomic mass is 10.3. The van der Waals surface area contributed by atoms with Gasteiger partial charge in [-0.2, -0.15) is 0 Å². The molecule has 3 rings (SSSR count). The zero-order chi connectivity index (χ0) is 11.7. The van der Waals surface area contributed by atoms with Crippen molar-refractivity contribution in [3.05, 3.63) is 29.0 Å². The van der Waals surface area contributed by atoms with Crippen molar-refractivity contribution in [2.75, 3.05) is 19.8 Å². The van der Waals surface area contributed by atoms with Gasteiger partial charge in [-0.3, -0.25) is 0 Å². The summed E-state index contributed by atoms with van der Waals surface area (Å²) in [6.07, 6.45) is 0.0923. The van der Waals surface area contributed by atoms with Crippen LogP contribution in [0, 0.1) is 4.77 Å². The van der Waals surface area contributed by atoms with E-state index in [9.17, 15) is 0 Å². The van der Waals surface area contributed by atoms with Gasteiger partial charge in [0.05, 0.1) is 43.5 Å². The predicted molar refractivity (Wildman–Crippen MR) is 67.7 cm³/mol. The average molecular weight is 250 g/mol. The molecule has 1 aliphatic rings. The summed E-state index contributed by atoms with van der Waals surface area (Å²) in [5, 5.41) is 0. The molecule has 90 valence electrons. The number of nitrogens with one attached hydrogen (secondary N) is 1. The first-order valence-electron chi connectivity index (χ1n) is 5.71. The molecule has 1 unspecified atom stereocenters. The lowest BCUT2D eigenvalue weighted by molar-refractivity contribution is -0.0933. The van der Waals surface area contributed by atoms with Gasteiger partial charge >= 0.3 is 0 Å². The van der Waals surface area contributed by atoms with Crippen molar-refractivity contribution in [1.82, 2.24) is 9.55 Å². The van der Waals surface area contributed by atoms with Gasteiger partial charge in [-0.25, -0.2) is 0 Å². The lowest BCUT2D eigenvalue weighted by Crippen LogP contribution is -2.32. The van der Waals surface area contributed by atoms with Crippen molar-refractivity contribution in [3.8, 4) is 0 Å². The van der Waals surface area contributed by atoms with E-state index in [1.165, 1.54) is 0 Å². The Labute approximate surface area is 104 Å². The molecular weight excluding hydrogens is 236 g/mol. The molecule has 2 aromatic rings. The number of fused-ring (bicyclic) bond motifs is 1. The molecule has 1 saturated heterocycles. The van der Waals surface area contributed by atoms with Gasteiger partial charge in [0.25, 0.3) is 0 Å². The van der Waals surface area contributed by atoms with E-state index in [4.69, 9.17) is 21.7 Å². The van der Waals surface area contributed by atoms with Crippen LogP contribution in [0.25, 0.3) is 11.0 Å². The predicted octanol–water partition coefficient (Wildman–Crippen LogP) is 2.11. The van der Waals surface area contributed by atoms with E-state index in [0.29, 0.717) is 19.8 Å². The minimum absolute atomic E-state index is 0.0923. The molecule has 4 nitrogen and oxygen atoms in total. The van der Waals surface area contributed by atoms with Gasteiger partial charge < -0.3 is 19.0 Å². The monoisotopic (exact) mass is 250 g/mol. The van der Waals surface area contributed by atoms with Gasteiger partial charge in [-0.1, -0.05) is 12.1 Å². The Morgan fingerprint density at radius 2 is 2.24 bits per heavy atom. The Balaban J connectivity index is 1.93. The highest BCUT2D eigenvalue weighted by Gasteiger charge is 2.16. The van der Waals surface area contributed by atoms with Crippen molar-refractivity contribution < 1.29 is 9.47 Å². The summed E-state index contributed by atoms with van der Waals surface area (Å²) in [6, 6.07) is 8.10. The van der Waals surface area contributed by atoms with Gasteiger partial charge in [0.2, 0.25) is 0 Å². The highest BCUT2D eigenvalue weighted by molar-refractivity contribution is 7.71. The van der Waals surface area contributed by atoms with Crippen molar-refractivity contribution in [1.29, 1.82) is 0 Å². The van der Waals surface area contributed by atoms with Crippen LogP contribution in [0.4, 0.5) is 0 Å². The molecule has 1 N–H and O–H groups in total. The maximum atomic E-state index is 5.65. The molecule has 1 aliphatic heterocycles. The fourth-order valence-corrected chi connectivity index (χ4v) is 2.42. The summed E-state index contributed by atoms with van der Waals surface area (Å²) in [6.45, 7) is 2.74. The van der Waals surface area contributed by atoms with Crippen molar-refractivity contribution in [2.45, 2.75) is 12.6 Å². The van der Waals surface area contributed by atoms with Gasteiger partial charge in [0.1, 0.15) is 0 Å². The fourth-order valence-electron chi connectivity index (χ4n) is 2.13. The standard InChI is InChI=1S/C12H14N2O2S/c17-12-13-10-3-1-2-4-11(10)14(12)7-9-8-15-5-6-16-9/h1-4,9H,5-8H2,(H,13,17). The zero-order valence-electron chi connectivity index (χ0n) is 9.39. The molecule has 1 atom stereocenters. The molecule has 0 amide bonds. The molecule has 0 saturated carbocycles. The third-order valence-electron chi connectivity index (χ3n) is 2.95. The number of imidazole rings is 1. The van der Waals surface area contributed by atoms with Gasteiger partial charge in [0.15, 0.2) is 4.77 Å². The summed E-state index contributed by atoms with van der Waals surface area (Å²) >= 11 is 5.33. The summed E-state index contributed by atoms with van der Waals surface area (Å²) in [5.41, 5.74) is 2.18. The second-order valence-corrected chi connectivity index (χ2v) is 4.51. The first kappa shape index (κ1) is 11.0. The normalized spacial score (nSPS) is 20.8. The van der Waals surface area contributed by atoms with Crippen LogP contribution < -0.4 is 0 Å². The number of nitrogens with zero attached hydrogens (tertiary/aromatic N) is 1. The number of rotatable bonds is 2. The molecule has 1 fully saturated rings. The van der Waals surface area contributed by atoms with E-state index in [-0.39, 0.29) is 6.10 Å². The fraction of sp³-hybridized carbons (Fsp3) is 0.417. The van der Waals surface area contributed by atoms with Crippen molar-refractivity contribution in [2.24, 2.45) is 0 Å². The Kier molecular flexibility index (Phi) is 2.96. The highest BCUT2D eigenvalue weighted by atomic mass is 32.1. The van der Waals surface area contributed by atoms with E-state index in [1.807, 2.05) is 18.2 Å². The van der Waals surface area contributed by atoms with Crippen LogP contribution in [-0.4, -0.2) is 35.5 Å². The lowest BCUT2D eigenvalue weighted by Gasteiger charge is -2.23. The third-order valence-corrected chi connectivity index (χ3v) is 3.28. The second kappa shape index (κ2) is 4.60. The maximum Gasteiger partial charge on any atom is 0.178 e. The molecule has 0 aliphatic carbocycles. The van der Waals surface area contributed by atoms with E-state index < -0.39 is 0 Å². The summed E-state index contributed by atoms with van der Waals surface area (Å²) in [7, 11) is 0. The summed E-state index contributed by atoms with van der Waals surface area (Å²) in [4.78, 5) is 3.20. The van der Waals surface area contributed by atoms with Crippen LogP contribution >= 0.6 is 12.2 Å². The summed E-state index contributed by atoms with van der Waals surface area (Å²) in [5.74, 6) is 0. The molecule has 1 aromatic carbocycles. The number of aromatic amines is 1. The van der Waals surface area contributed by atoms with Crippen LogP contribution in [0.1, 0.15) is 0 Å². The summed E-state index contributed by atoms with van der Waals surface area (Å²) < 4.78 is 13.9. The van der Waals surface area contributed by atoms with E-state index in [1.54, 1.807) is 0 Å². The number of hydrogen-bond acceptors (Lipinski definition) is 3. The van der Waals surface area contributed by atoms with E-state index >= 15 is 0 Å². The van der Waals surface area contributed by atoms with E-state index in [0.717, 1.165) is 22.3 Å². The van der Waals surface area contributed by atoms with Crippen LogP contribution in [0.2, 0.25) is 0 Å². The van der Waals surface area contributed by atoms with Crippen LogP contribution in [-0.2, 0) is 16.0 Å². The smallest absolute Gasteiger partial charge is 0.178 e. The second-order valence-electron chi connectivity index (χ2n) is 4.13. The van der Waals surface area contributed by atoms with Crippen LogP contribution in [0.3, 0.4) is 0 Å². The zero-order valence-corrected chi connectivity index (χ0v) is 10.2. The Morgan fingerprint density at radius 3 is 3.06 bits per heavy atom. The van der Waals surface area contributed by atoms with E-state index in [2.05, 4.69) is 15.6 Å². The Bertz CT molecular complexity index is 569. The molecule has 1 aromatic heterocycles. The van der Waals surface area contributed by atoms with Crippen molar-refractivity contribution in [3.63, 3.8) is 0 Å². The molecule has 0 bridgehead atoms. The molecule has 0 spiro atoms. The topological polar surface area (TPSA) is 39.2 Å². The quantitative estimate of drug-likeness (QED) is 0.830. The molecule has 17 heavy (non-hydrogen) atoms. The minimum Gasteiger partial charge on any atom is -0.376 e.